The number of rotatable bonds is 5. The predicted octanol–water partition coefficient (Wildman–Crippen LogP) is 3.96. The highest BCUT2D eigenvalue weighted by Gasteiger charge is 2.09. The van der Waals surface area contributed by atoms with Gasteiger partial charge in [-0.25, -0.2) is 4.68 Å². The van der Waals surface area contributed by atoms with Crippen molar-refractivity contribution in [2.24, 2.45) is 0 Å². The Kier molecular flexibility index (Phi) is 4.96. The van der Waals surface area contributed by atoms with Gasteiger partial charge in [-0.15, -0.1) is 0 Å². The SMILES string of the molecule is Cc1ccc(OCC(=O)Nc2ccccc2-n2cc(Br)cn2)cc1. The third-order valence-electron chi connectivity index (χ3n) is 3.37. The van der Waals surface area contributed by atoms with Crippen molar-refractivity contribution in [3.05, 3.63) is 71.0 Å². The van der Waals surface area contributed by atoms with E-state index in [2.05, 4.69) is 26.3 Å². The monoisotopic (exact) mass is 385 g/mol. The molecular weight excluding hydrogens is 370 g/mol. The molecule has 0 radical (unpaired) electrons. The van der Waals surface area contributed by atoms with Crippen LogP contribution < -0.4 is 10.1 Å². The average Bonchev–Trinajstić information content (AvgIpc) is 3.01. The molecule has 1 amide bonds. The summed E-state index contributed by atoms with van der Waals surface area (Å²) in [5.74, 6) is 0.439. The van der Waals surface area contributed by atoms with Gasteiger partial charge in [-0.3, -0.25) is 4.79 Å². The number of nitrogens with one attached hydrogen (secondary N) is 1. The number of halogens is 1. The van der Waals surface area contributed by atoms with Gasteiger partial charge in [0, 0.05) is 6.20 Å². The number of aryl methyl sites for hydroxylation is 1. The van der Waals surface area contributed by atoms with E-state index in [0.717, 1.165) is 15.7 Å². The van der Waals surface area contributed by atoms with Crippen LogP contribution >= 0.6 is 15.9 Å². The quantitative estimate of drug-likeness (QED) is 0.722. The van der Waals surface area contributed by atoms with Crippen LogP contribution in [-0.2, 0) is 4.79 Å². The largest absolute Gasteiger partial charge is 0.484 e. The summed E-state index contributed by atoms with van der Waals surface area (Å²) < 4.78 is 8.06. The second-order valence-corrected chi connectivity index (χ2v) is 6.19. The summed E-state index contributed by atoms with van der Waals surface area (Å²) in [5.41, 5.74) is 2.60. The summed E-state index contributed by atoms with van der Waals surface area (Å²) >= 11 is 3.37. The van der Waals surface area contributed by atoms with Crippen LogP contribution in [0, 0.1) is 6.92 Å². The van der Waals surface area contributed by atoms with Crippen molar-refractivity contribution in [3.63, 3.8) is 0 Å². The second-order valence-electron chi connectivity index (χ2n) is 5.27. The van der Waals surface area contributed by atoms with Gasteiger partial charge in [-0.05, 0) is 47.1 Å². The van der Waals surface area contributed by atoms with Gasteiger partial charge in [0.1, 0.15) is 5.75 Å². The van der Waals surface area contributed by atoms with Crippen molar-refractivity contribution < 1.29 is 9.53 Å². The third kappa shape index (κ3) is 4.02. The summed E-state index contributed by atoms with van der Waals surface area (Å²) in [6.45, 7) is 1.95. The fraction of sp³-hybridized carbons (Fsp3) is 0.111. The molecule has 0 bridgehead atoms. The zero-order chi connectivity index (χ0) is 16.9. The number of para-hydroxylation sites is 2. The lowest BCUT2D eigenvalue weighted by molar-refractivity contribution is -0.118. The summed E-state index contributed by atoms with van der Waals surface area (Å²) in [6, 6.07) is 15.0. The van der Waals surface area contributed by atoms with E-state index in [4.69, 9.17) is 4.74 Å². The molecule has 0 saturated heterocycles. The van der Waals surface area contributed by atoms with E-state index in [9.17, 15) is 4.79 Å². The van der Waals surface area contributed by atoms with E-state index in [1.54, 1.807) is 10.9 Å². The van der Waals surface area contributed by atoms with Crippen molar-refractivity contribution in [1.82, 2.24) is 9.78 Å². The fourth-order valence-corrected chi connectivity index (χ4v) is 2.47. The van der Waals surface area contributed by atoms with Gasteiger partial charge in [-0.1, -0.05) is 29.8 Å². The average molecular weight is 386 g/mol. The number of hydrogen-bond donors (Lipinski definition) is 1. The van der Waals surface area contributed by atoms with Crippen LogP contribution in [0.25, 0.3) is 5.69 Å². The molecule has 0 spiro atoms. The maximum absolute atomic E-state index is 12.2. The number of ether oxygens (including phenoxy) is 1. The van der Waals surface area contributed by atoms with Gasteiger partial charge in [-0.2, -0.15) is 5.10 Å². The van der Waals surface area contributed by atoms with Gasteiger partial charge < -0.3 is 10.1 Å². The molecule has 0 aliphatic carbocycles. The second kappa shape index (κ2) is 7.31. The first-order valence-corrected chi connectivity index (χ1v) is 8.20. The van der Waals surface area contributed by atoms with Crippen molar-refractivity contribution in [2.45, 2.75) is 6.92 Å². The molecule has 3 aromatic rings. The van der Waals surface area contributed by atoms with Crippen molar-refractivity contribution in [1.29, 1.82) is 0 Å². The molecule has 2 aromatic carbocycles. The first-order valence-electron chi connectivity index (χ1n) is 7.41. The number of nitrogens with zero attached hydrogens (tertiary/aromatic N) is 2. The molecule has 5 nitrogen and oxygen atoms in total. The van der Waals surface area contributed by atoms with Crippen molar-refractivity contribution in [3.8, 4) is 11.4 Å². The van der Waals surface area contributed by atoms with Gasteiger partial charge in [0.25, 0.3) is 5.91 Å². The first kappa shape index (κ1) is 16.3. The molecule has 1 heterocycles. The molecule has 0 atom stereocenters. The van der Waals surface area contributed by atoms with Crippen LogP contribution in [0.5, 0.6) is 5.75 Å². The van der Waals surface area contributed by atoms with Gasteiger partial charge >= 0.3 is 0 Å². The molecule has 0 fully saturated rings. The molecule has 3 rings (SSSR count). The number of benzene rings is 2. The molecule has 122 valence electrons. The summed E-state index contributed by atoms with van der Waals surface area (Å²) in [7, 11) is 0. The van der Waals surface area contributed by atoms with Crippen LogP contribution in [0.2, 0.25) is 0 Å². The highest BCUT2D eigenvalue weighted by molar-refractivity contribution is 9.10. The molecule has 0 saturated carbocycles. The molecule has 0 unspecified atom stereocenters. The van der Waals surface area contributed by atoms with E-state index in [0.29, 0.717) is 11.4 Å². The maximum atomic E-state index is 12.2. The standard InChI is InChI=1S/C18H16BrN3O2/c1-13-6-8-15(9-7-13)24-12-18(23)21-16-4-2-3-5-17(16)22-11-14(19)10-20-22/h2-11H,12H2,1H3,(H,21,23). The third-order valence-corrected chi connectivity index (χ3v) is 3.78. The Morgan fingerprint density at radius 2 is 1.96 bits per heavy atom. The number of carbonyl (C=O) groups excluding carboxylic acids is 1. The van der Waals surface area contributed by atoms with E-state index in [1.807, 2.05) is 61.7 Å². The van der Waals surface area contributed by atoms with Gasteiger partial charge in [0.2, 0.25) is 0 Å². The molecule has 1 aromatic heterocycles. The molecule has 6 heteroatoms. The zero-order valence-electron chi connectivity index (χ0n) is 13.1. The topological polar surface area (TPSA) is 56.1 Å². The minimum absolute atomic E-state index is 0.0554. The summed E-state index contributed by atoms with van der Waals surface area (Å²) in [5, 5.41) is 7.10. The molecule has 24 heavy (non-hydrogen) atoms. The Balaban J connectivity index is 1.67. The van der Waals surface area contributed by atoms with Gasteiger partial charge in [0.05, 0.1) is 22.0 Å². The Morgan fingerprint density at radius 3 is 2.67 bits per heavy atom. The predicted molar refractivity (Wildman–Crippen MR) is 96.6 cm³/mol. The van der Waals surface area contributed by atoms with Gasteiger partial charge in [0.15, 0.2) is 6.61 Å². The van der Waals surface area contributed by atoms with Crippen LogP contribution in [0.3, 0.4) is 0 Å². The Morgan fingerprint density at radius 1 is 1.21 bits per heavy atom. The number of anilines is 1. The number of amides is 1. The Labute approximate surface area is 148 Å². The molecular formula is C18H16BrN3O2. The number of aromatic nitrogens is 2. The number of hydrogen-bond acceptors (Lipinski definition) is 3. The van der Waals surface area contributed by atoms with Crippen molar-refractivity contribution in [2.75, 3.05) is 11.9 Å². The fourth-order valence-electron chi connectivity index (χ4n) is 2.18. The molecule has 0 aliphatic heterocycles. The normalized spacial score (nSPS) is 10.4. The smallest absolute Gasteiger partial charge is 0.262 e. The van der Waals surface area contributed by atoms with E-state index in [1.165, 1.54) is 0 Å². The lowest BCUT2D eigenvalue weighted by Gasteiger charge is -2.11. The molecule has 0 aliphatic rings. The lowest BCUT2D eigenvalue weighted by Crippen LogP contribution is -2.21. The summed E-state index contributed by atoms with van der Waals surface area (Å²) in [6.07, 6.45) is 3.52. The Bertz CT molecular complexity index is 843. The van der Waals surface area contributed by atoms with Crippen LogP contribution in [-0.4, -0.2) is 22.3 Å². The minimum atomic E-state index is -0.228. The molecule has 1 N–H and O–H groups in total. The highest BCUT2D eigenvalue weighted by atomic mass is 79.9. The van der Waals surface area contributed by atoms with Crippen molar-refractivity contribution >= 4 is 27.5 Å². The zero-order valence-corrected chi connectivity index (χ0v) is 14.7. The van der Waals surface area contributed by atoms with E-state index >= 15 is 0 Å². The summed E-state index contributed by atoms with van der Waals surface area (Å²) in [4.78, 5) is 12.2. The van der Waals surface area contributed by atoms with E-state index in [-0.39, 0.29) is 12.5 Å². The van der Waals surface area contributed by atoms with Crippen LogP contribution in [0.4, 0.5) is 5.69 Å². The highest BCUT2D eigenvalue weighted by Crippen LogP contribution is 2.21. The van der Waals surface area contributed by atoms with Crippen LogP contribution in [0.15, 0.2) is 65.4 Å². The van der Waals surface area contributed by atoms with E-state index < -0.39 is 0 Å². The van der Waals surface area contributed by atoms with Crippen LogP contribution in [0.1, 0.15) is 5.56 Å². The first-order chi connectivity index (χ1) is 11.6. The number of carbonyl (C=O) groups is 1. The maximum Gasteiger partial charge on any atom is 0.262 e. The minimum Gasteiger partial charge on any atom is -0.484 e. The Hall–Kier alpha value is -2.60. The lowest BCUT2D eigenvalue weighted by atomic mass is 10.2.